The Kier molecular flexibility index (Phi) is 3.60. The van der Waals surface area contributed by atoms with Crippen molar-refractivity contribution in [3.63, 3.8) is 0 Å². The second-order valence-electron chi connectivity index (χ2n) is 6.48. The summed E-state index contributed by atoms with van der Waals surface area (Å²) in [4.78, 5) is 5.00. The van der Waals surface area contributed by atoms with E-state index in [0.29, 0.717) is 0 Å². The standard InChI is InChI=1S/C20H21N3O/c1-3-4-15-12(2)19-16-11-21-23-17(16)9-10-18(19)22-20(15)13-5-7-14(24)8-6-13/h5-11,16-17,23-24H,3-4H2,1-2H3. The number of nitrogens with one attached hydrogen (secondary N) is 1. The maximum absolute atomic E-state index is 9.57. The predicted octanol–water partition coefficient (Wildman–Crippen LogP) is 3.78. The molecule has 122 valence electrons. The minimum atomic E-state index is 0.243. The Morgan fingerprint density at radius 3 is 2.75 bits per heavy atom. The van der Waals surface area contributed by atoms with Crippen molar-refractivity contribution in [2.75, 3.05) is 0 Å². The number of phenolic OH excluding ortho intramolecular Hbond substituents is 1. The smallest absolute Gasteiger partial charge is 0.115 e. The Bertz CT molecular complexity index is 837. The molecule has 0 spiro atoms. The van der Waals surface area contributed by atoms with Gasteiger partial charge in [-0.2, -0.15) is 5.10 Å². The van der Waals surface area contributed by atoms with Crippen molar-refractivity contribution in [2.24, 2.45) is 5.10 Å². The summed E-state index contributed by atoms with van der Waals surface area (Å²) in [5.74, 6) is 0.545. The van der Waals surface area contributed by atoms with E-state index >= 15 is 0 Å². The summed E-state index contributed by atoms with van der Waals surface area (Å²) in [6, 6.07) is 7.57. The lowest BCUT2D eigenvalue weighted by molar-refractivity contribution is 0.475. The zero-order valence-electron chi connectivity index (χ0n) is 14.0. The Morgan fingerprint density at radius 1 is 1.21 bits per heavy atom. The Balaban J connectivity index is 1.93. The van der Waals surface area contributed by atoms with Gasteiger partial charge in [-0.25, -0.2) is 4.98 Å². The molecular weight excluding hydrogens is 298 g/mol. The first kappa shape index (κ1) is 14.9. The quantitative estimate of drug-likeness (QED) is 0.905. The van der Waals surface area contributed by atoms with Crippen molar-refractivity contribution < 1.29 is 5.11 Å². The number of rotatable bonds is 3. The fourth-order valence-electron chi connectivity index (χ4n) is 3.74. The van der Waals surface area contributed by atoms with Crippen molar-refractivity contribution in [1.29, 1.82) is 0 Å². The fourth-order valence-corrected chi connectivity index (χ4v) is 3.74. The lowest BCUT2D eigenvalue weighted by Gasteiger charge is -2.26. The predicted molar refractivity (Wildman–Crippen MR) is 97.3 cm³/mol. The van der Waals surface area contributed by atoms with E-state index in [1.165, 1.54) is 16.7 Å². The van der Waals surface area contributed by atoms with Gasteiger partial charge in [-0.05, 0) is 60.4 Å². The van der Waals surface area contributed by atoms with Gasteiger partial charge in [0, 0.05) is 17.7 Å². The molecule has 0 fully saturated rings. The molecule has 0 radical (unpaired) electrons. The third-order valence-electron chi connectivity index (χ3n) is 4.93. The SMILES string of the molecule is CCCc1c(-c2ccc(O)cc2)nc2c(c1C)C1C=NNC1C=C2. The molecule has 1 aromatic heterocycles. The summed E-state index contributed by atoms with van der Waals surface area (Å²) in [5.41, 5.74) is 10.2. The molecular formula is C20H21N3O. The van der Waals surface area contributed by atoms with E-state index in [1.807, 2.05) is 18.3 Å². The minimum absolute atomic E-state index is 0.243. The largest absolute Gasteiger partial charge is 0.508 e. The van der Waals surface area contributed by atoms with Crippen molar-refractivity contribution >= 4 is 12.3 Å². The number of fused-ring (bicyclic) bond motifs is 3. The first-order valence-corrected chi connectivity index (χ1v) is 8.48. The van der Waals surface area contributed by atoms with Crippen LogP contribution in [0.5, 0.6) is 5.75 Å². The highest BCUT2D eigenvalue weighted by Crippen LogP contribution is 2.38. The highest BCUT2D eigenvalue weighted by molar-refractivity contribution is 5.80. The van der Waals surface area contributed by atoms with Crippen LogP contribution < -0.4 is 5.43 Å². The van der Waals surface area contributed by atoms with Crippen LogP contribution in [0.15, 0.2) is 35.4 Å². The van der Waals surface area contributed by atoms with Crippen LogP contribution in [0.4, 0.5) is 0 Å². The highest BCUT2D eigenvalue weighted by Gasteiger charge is 2.32. The number of aromatic hydroxyl groups is 1. The summed E-state index contributed by atoms with van der Waals surface area (Å²) in [6.45, 7) is 4.40. The first-order chi connectivity index (χ1) is 11.7. The van der Waals surface area contributed by atoms with Gasteiger partial charge in [-0.15, -0.1) is 0 Å². The van der Waals surface area contributed by atoms with Gasteiger partial charge in [0.25, 0.3) is 0 Å². The molecule has 1 aliphatic carbocycles. The van der Waals surface area contributed by atoms with Gasteiger partial charge in [-0.3, -0.25) is 0 Å². The number of hydrogen-bond acceptors (Lipinski definition) is 4. The van der Waals surface area contributed by atoms with Crippen LogP contribution in [0.2, 0.25) is 0 Å². The summed E-state index contributed by atoms with van der Waals surface area (Å²) in [6.07, 6.45) is 8.31. The lowest BCUT2D eigenvalue weighted by Crippen LogP contribution is -2.28. The summed E-state index contributed by atoms with van der Waals surface area (Å²) in [5, 5.41) is 13.8. The Labute approximate surface area is 142 Å². The highest BCUT2D eigenvalue weighted by atomic mass is 16.3. The fraction of sp³-hybridized carbons (Fsp3) is 0.300. The second-order valence-corrected chi connectivity index (χ2v) is 6.48. The van der Waals surface area contributed by atoms with E-state index in [1.54, 1.807) is 12.1 Å². The van der Waals surface area contributed by atoms with Crippen molar-refractivity contribution in [3.8, 4) is 17.0 Å². The maximum Gasteiger partial charge on any atom is 0.115 e. The zero-order chi connectivity index (χ0) is 16.7. The van der Waals surface area contributed by atoms with E-state index in [-0.39, 0.29) is 17.7 Å². The van der Waals surface area contributed by atoms with Crippen LogP contribution in [0.25, 0.3) is 17.3 Å². The average Bonchev–Trinajstić information content (AvgIpc) is 3.06. The van der Waals surface area contributed by atoms with Crippen LogP contribution in [0.1, 0.15) is 41.6 Å². The first-order valence-electron chi connectivity index (χ1n) is 8.48. The molecule has 2 unspecified atom stereocenters. The van der Waals surface area contributed by atoms with Crippen molar-refractivity contribution in [1.82, 2.24) is 10.4 Å². The van der Waals surface area contributed by atoms with Crippen LogP contribution in [-0.4, -0.2) is 22.3 Å². The number of aromatic nitrogens is 1. The van der Waals surface area contributed by atoms with E-state index < -0.39 is 0 Å². The number of nitrogens with zero attached hydrogens (tertiary/aromatic N) is 2. The third kappa shape index (κ3) is 2.30. The zero-order valence-corrected chi connectivity index (χ0v) is 14.0. The van der Waals surface area contributed by atoms with Gasteiger partial charge in [0.05, 0.1) is 17.4 Å². The second kappa shape index (κ2) is 5.78. The molecule has 0 bridgehead atoms. The summed E-state index contributed by atoms with van der Waals surface area (Å²) >= 11 is 0. The number of pyridine rings is 1. The third-order valence-corrected chi connectivity index (χ3v) is 4.93. The van der Waals surface area contributed by atoms with Crippen molar-refractivity contribution in [2.45, 2.75) is 38.6 Å². The number of phenols is 1. The van der Waals surface area contributed by atoms with E-state index in [9.17, 15) is 5.11 Å². The van der Waals surface area contributed by atoms with Gasteiger partial charge in [0.1, 0.15) is 5.75 Å². The molecule has 0 amide bonds. The Hall–Kier alpha value is -2.62. The minimum Gasteiger partial charge on any atom is -0.508 e. The molecule has 0 saturated carbocycles. The van der Waals surface area contributed by atoms with Crippen LogP contribution in [-0.2, 0) is 6.42 Å². The van der Waals surface area contributed by atoms with Crippen molar-refractivity contribution in [3.05, 3.63) is 52.7 Å². The topological polar surface area (TPSA) is 57.5 Å². The monoisotopic (exact) mass is 319 g/mol. The molecule has 4 rings (SSSR count). The lowest BCUT2D eigenvalue weighted by atomic mass is 9.82. The molecule has 4 heteroatoms. The molecule has 2 heterocycles. The average molecular weight is 319 g/mol. The molecule has 2 atom stereocenters. The summed E-state index contributed by atoms with van der Waals surface area (Å²) in [7, 11) is 0. The van der Waals surface area contributed by atoms with Crippen LogP contribution in [0, 0.1) is 6.92 Å². The number of benzene rings is 1. The molecule has 2 aliphatic rings. The molecule has 1 aromatic carbocycles. The van der Waals surface area contributed by atoms with E-state index in [0.717, 1.165) is 29.8 Å². The molecule has 24 heavy (non-hydrogen) atoms. The molecule has 1 aliphatic heterocycles. The number of hydrogen-bond donors (Lipinski definition) is 2. The van der Waals surface area contributed by atoms with Gasteiger partial charge in [-0.1, -0.05) is 19.4 Å². The van der Waals surface area contributed by atoms with Crippen LogP contribution in [0.3, 0.4) is 0 Å². The number of hydrazone groups is 1. The van der Waals surface area contributed by atoms with Gasteiger partial charge < -0.3 is 10.5 Å². The molecule has 4 nitrogen and oxygen atoms in total. The molecule has 2 N–H and O–H groups in total. The van der Waals surface area contributed by atoms with Gasteiger partial charge in [0.15, 0.2) is 0 Å². The van der Waals surface area contributed by atoms with E-state index in [4.69, 9.17) is 4.98 Å². The summed E-state index contributed by atoms with van der Waals surface area (Å²) < 4.78 is 0. The molecule has 2 aromatic rings. The normalized spacial score (nSPS) is 20.6. The molecule has 0 saturated heterocycles. The van der Waals surface area contributed by atoms with Crippen LogP contribution >= 0.6 is 0 Å². The van der Waals surface area contributed by atoms with E-state index in [2.05, 4.69) is 36.5 Å². The maximum atomic E-state index is 9.57. The Morgan fingerprint density at radius 2 is 2.00 bits per heavy atom. The van der Waals surface area contributed by atoms with Gasteiger partial charge in [0.2, 0.25) is 0 Å². The van der Waals surface area contributed by atoms with Gasteiger partial charge >= 0.3 is 0 Å².